The first-order chi connectivity index (χ1) is 15.7. The van der Waals surface area contributed by atoms with Gasteiger partial charge < -0.3 is 14.9 Å². The zero-order valence-electron chi connectivity index (χ0n) is 18.0. The maximum atomic E-state index is 13.8. The Morgan fingerprint density at radius 2 is 1.76 bits per heavy atom. The molecule has 1 aliphatic rings. The molecule has 168 valence electrons. The zero-order valence-corrected chi connectivity index (χ0v) is 18.0. The Hall–Kier alpha value is -4.14. The van der Waals surface area contributed by atoms with Crippen LogP contribution in [0, 0.1) is 11.6 Å². The Morgan fingerprint density at radius 1 is 1.06 bits per heavy atom. The van der Waals surface area contributed by atoms with Crippen LogP contribution in [0.2, 0.25) is 0 Å². The second-order valence-corrected chi connectivity index (χ2v) is 7.77. The van der Waals surface area contributed by atoms with Crippen LogP contribution in [0.1, 0.15) is 29.8 Å². The molecule has 4 rings (SSSR count). The van der Waals surface area contributed by atoms with Crippen LogP contribution in [-0.4, -0.2) is 35.1 Å². The van der Waals surface area contributed by atoms with Gasteiger partial charge in [-0.05, 0) is 56.3 Å². The summed E-state index contributed by atoms with van der Waals surface area (Å²) >= 11 is 0. The van der Waals surface area contributed by atoms with E-state index >= 15 is 0 Å². The molecule has 0 atom stereocenters. The van der Waals surface area contributed by atoms with Crippen LogP contribution in [-0.2, 0) is 9.63 Å². The van der Waals surface area contributed by atoms with E-state index in [9.17, 15) is 18.4 Å². The summed E-state index contributed by atoms with van der Waals surface area (Å²) in [4.78, 5) is 34.2. The van der Waals surface area contributed by atoms with Crippen LogP contribution in [0.25, 0.3) is 11.1 Å². The molecule has 3 aromatic rings. The molecule has 0 spiro atoms. The van der Waals surface area contributed by atoms with Crippen molar-refractivity contribution in [1.82, 2.24) is 4.98 Å². The lowest BCUT2D eigenvalue weighted by atomic mass is 9.94. The number of oxime groups is 1. The number of Topliss-reactive ketones (excluding diaryl/α,β-unsaturated/α-hetero) is 1. The monoisotopic (exact) mass is 451 g/mol. The van der Waals surface area contributed by atoms with E-state index in [0.717, 1.165) is 12.1 Å². The van der Waals surface area contributed by atoms with Crippen LogP contribution in [0.5, 0.6) is 5.75 Å². The highest BCUT2D eigenvalue weighted by atomic mass is 19.1. The number of aromatic nitrogens is 1. The highest BCUT2D eigenvalue weighted by Gasteiger charge is 2.40. The van der Waals surface area contributed by atoms with Gasteiger partial charge in [0.15, 0.2) is 11.3 Å². The fraction of sp³-hybridized carbons (Fsp3) is 0.167. The molecule has 1 aromatic heterocycles. The lowest BCUT2D eigenvalue weighted by Crippen LogP contribution is -2.33. The molecular formula is C24H19F2N3O4. The predicted octanol–water partition coefficient (Wildman–Crippen LogP) is 4.37. The quantitative estimate of drug-likeness (QED) is 0.622. The molecule has 1 amide bonds. The van der Waals surface area contributed by atoms with Crippen LogP contribution >= 0.6 is 0 Å². The number of methoxy groups -OCH3 is 1. The van der Waals surface area contributed by atoms with Gasteiger partial charge in [-0.3, -0.25) is 9.59 Å². The van der Waals surface area contributed by atoms with E-state index in [1.165, 1.54) is 25.4 Å². The van der Waals surface area contributed by atoms with Crippen molar-refractivity contribution < 1.29 is 27.9 Å². The fourth-order valence-electron chi connectivity index (χ4n) is 3.31. The maximum Gasteiger partial charge on any atom is 0.262 e. The van der Waals surface area contributed by atoms with Gasteiger partial charge in [-0.25, -0.2) is 13.8 Å². The van der Waals surface area contributed by atoms with Crippen molar-refractivity contribution in [1.29, 1.82) is 0 Å². The van der Waals surface area contributed by atoms with Gasteiger partial charge in [-0.1, -0.05) is 11.2 Å². The number of amides is 1. The number of carbonyl (C=O) groups is 2. The van der Waals surface area contributed by atoms with E-state index in [1.807, 2.05) is 0 Å². The molecule has 0 saturated heterocycles. The van der Waals surface area contributed by atoms with Gasteiger partial charge in [0, 0.05) is 22.9 Å². The molecular weight excluding hydrogens is 432 g/mol. The summed E-state index contributed by atoms with van der Waals surface area (Å²) in [7, 11) is 1.51. The van der Waals surface area contributed by atoms with Gasteiger partial charge in [-0.2, -0.15) is 0 Å². The molecule has 2 aromatic carbocycles. The minimum Gasteiger partial charge on any atom is -0.496 e. The number of ether oxygens (including phenoxy) is 1. The third kappa shape index (κ3) is 4.17. The summed E-state index contributed by atoms with van der Waals surface area (Å²) in [5.74, 6) is -2.51. The predicted molar refractivity (Wildman–Crippen MR) is 117 cm³/mol. The molecule has 9 heteroatoms. The van der Waals surface area contributed by atoms with Crippen molar-refractivity contribution in [3.63, 3.8) is 0 Å². The Bertz CT molecular complexity index is 1270. The number of rotatable bonds is 5. The minimum atomic E-state index is -1.03. The van der Waals surface area contributed by atoms with Gasteiger partial charge in [0.05, 0.1) is 7.11 Å². The standard InChI is InChI=1S/C24H19F2N3O4/c1-24(2)22(30)21(29-33-24)13-7-9-18(32-3)15(11-13)14-8-10-19(27-12-14)28-23(31)20-16(25)5-4-6-17(20)26/h4-12H,1-3H3,(H,27,28,31). The van der Waals surface area contributed by atoms with E-state index in [2.05, 4.69) is 15.5 Å². The summed E-state index contributed by atoms with van der Waals surface area (Å²) in [6, 6.07) is 11.4. The third-order valence-electron chi connectivity index (χ3n) is 5.11. The van der Waals surface area contributed by atoms with Gasteiger partial charge in [0.2, 0.25) is 5.78 Å². The summed E-state index contributed by atoms with van der Waals surface area (Å²) in [5, 5.41) is 6.30. The summed E-state index contributed by atoms with van der Waals surface area (Å²) in [6.07, 6.45) is 1.47. The number of nitrogens with zero attached hydrogens (tertiary/aromatic N) is 2. The normalized spacial score (nSPS) is 14.5. The Morgan fingerprint density at radius 3 is 2.33 bits per heavy atom. The molecule has 7 nitrogen and oxygen atoms in total. The van der Waals surface area contributed by atoms with Crippen molar-refractivity contribution in [2.45, 2.75) is 19.4 Å². The van der Waals surface area contributed by atoms with Crippen molar-refractivity contribution in [3.8, 4) is 16.9 Å². The number of benzene rings is 2. The average molecular weight is 451 g/mol. The first-order valence-electron chi connectivity index (χ1n) is 9.92. The molecule has 0 unspecified atom stereocenters. The van der Waals surface area contributed by atoms with Crippen molar-refractivity contribution in [2.24, 2.45) is 5.16 Å². The highest BCUT2D eigenvalue weighted by Crippen LogP contribution is 2.33. The second-order valence-electron chi connectivity index (χ2n) is 7.77. The van der Waals surface area contributed by atoms with Gasteiger partial charge in [-0.15, -0.1) is 0 Å². The number of ketones is 1. The number of hydrogen-bond donors (Lipinski definition) is 1. The van der Waals surface area contributed by atoms with Crippen molar-refractivity contribution >= 4 is 23.2 Å². The summed E-state index contributed by atoms with van der Waals surface area (Å²) < 4.78 is 33.1. The Kier molecular flexibility index (Phi) is 5.63. The average Bonchev–Trinajstić information content (AvgIpc) is 3.06. The van der Waals surface area contributed by atoms with Crippen LogP contribution in [0.4, 0.5) is 14.6 Å². The molecule has 33 heavy (non-hydrogen) atoms. The van der Waals surface area contributed by atoms with Gasteiger partial charge in [0.25, 0.3) is 5.91 Å². The minimum absolute atomic E-state index is 0.104. The molecule has 1 aliphatic heterocycles. The molecule has 0 bridgehead atoms. The van der Waals surface area contributed by atoms with Gasteiger partial charge >= 0.3 is 0 Å². The largest absolute Gasteiger partial charge is 0.496 e. The number of anilines is 1. The summed E-state index contributed by atoms with van der Waals surface area (Å²) in [6.45, 7) is 3.28. The molecule has 0 aliphatic carbocycles. The van der Waals surface area contributed by atoms with E-state index in [1.54, 1.807) is 38.1 Å². The van der Waals surface area contributed by atoms with Crippen LogP contribution in [0.3, 0.4) is 0 Å². The highest BCUT2D eigenvalue weighted by molar-refractivity contribution is 6.49. The van der Waals surface area contributed by atoms with E-state index in [-0.39, 0.29) is 17.3 Å². The number of carbonyl (C=O) groups excluding carboxylic acids is 2. The van der Waals surface area contributed by atoms with E-state index in [4.69, 9.17) is 9.57 Å². The summed E-state index contributed by atoms with van der Waals surface area (Å²) in [5.41, 5.74) is 0.274. The van der Waals surface area contributed by atoms with E-state index in [0.29, 0.717) is 22.4 Å². The van der Waals surface area contributed by atoms with Crippen molar-refractivity contribution in [3.05, 3.63) is 77.5 Å². The Labute approximate surface area is 188 Å². The van der Waals surface area contributed by atoms with Crippen molar-refractivity contribution in [2.75, 3.05) is 12.4 Å². The number of pyridine rings is 1. The van der Waals surface area contributed by atoms with Crippen LogP contribution in [0.15, 0.2) is 59.9 Å². The van der Waals surface area contributed by atoms with Crippen LogP contribution < -0.4 is 10.1 Å². The lowest BCUT2D eigenvalue weighted by Gasteiger charge is -2.13. The number of nitrogens with one attached hydrogen (secondary N) is 1. The molecule has 0 radical (unpaired) electrons. The first kappa shape index (κ1) is 22.1. The zero-order chi connectivity index (χ0) is 23.8. The smallest absolute Gasteiger partial charge is 0.262 e. The molecule has 1 N–H and O–H groups in total. The van der Waals surface area contributed by atoms with E-state index < -0.39 is 28.7 Å². The fourth-order valence-corrected chi connectivity index (χ4v) is 3.31. The SMILES string of the molecule is COc1ccc(C2=NOC(C)(C)C2=O)cc1-c1ccc(NC(=O)c2c(F)cccc2F)nc1. The first-order valence-corrected chi connectivity index (χ1v) is 9.92. The maximum absolute atomic E-state index is 13.8. The van der Waals surface area contributed by atoms with Gasteiger partial charge in [0.1, 0.15) is 28.8 Å². The second kappa shape index (κ2) is 8.42. The molecule has 0 saturated carbocycles. The Balaban J connectivity index is 1.61. The lowest BCUT2D eigenvalue weighted by molar-refractivity contribution is -0.128. The third-order valence-corrected chi connectivity index (χ3v) is 5.11. The molecule has 2 heterocycles. The number of halogens is 2. The molecule has 0 fully saturated rings. The number of hydrogen-bond acceptors (Lipinski definition) is 6. The topological polar surface area (TPSA) is 89.9 Å².